The maximum absolute atomic E-state index is 12.6. The molecule has 0 N–H and O–H groups in total. The predicted octanol–water partition coefficient (Wildman–Crippen LogP) is 8.58. The van der Waals surface area contributed by atoms with Gasteiger partial charge in [0.05, 0.1) is 31.0 Å². The SMILES string of the molecule is CCOC(=O)Cc1c(C)n(Cc2csc(-c3ccc(Cl)cc3)n2)c2ccc(OCc3csc(-c4ccccc4)n3)cc12. The summed E-state index contributed by atoms with van der Waals surface area (Å²) in [5.74, 6) is 0.471. The van der Waals surface area contributed by atoms with Crippen LogP contribution in [0.4, 0.5) is 0 Å². The molecule has 0 atom stereocenters. The molecule has 0 radical (unpaired) electrons. The van der Waals surface area contributed by atoms with Crippen molar-refractivity contribution in [3.8, 4) is 26.9 Å². The number of rotatable bonds is 10. The number of hydrogen-bond donors (Lipinski definition) is 0. The summed E-state index contributed by atoms with van der Waals surface area (Å²) < 4.78 is 13.7. The van der Waals surface area contributed by atoms with Gasteiger partial charge in [-0.25, -0.2) is 9.97 Å². The first-order valence-corrected chi connectivity index (χ1v) is 15.7. The molecule has 9 heteroatoms. The maximum atomic E-state index is 12.6. The molecule has 212 valence electrons. The Labute approximate surface area is 257 Å². The van der Waals surface area contributed by atoms with Crippen molar-refractivity contribution in [3.63, 3.8) is 0 Å². The van der Waals surface area contributed by atoms with Crippen molar-refractivity contribution in [3.05, 3.63) is 111 Å². The van der Waals surface area contributed by atoms with Gasteiger partial charge >= 0.3 is 5.97 Å². The second-order valence-corrected chi connectivity index (χ2v) is 11.9. The minimum absolute atomic E-state index is 0.187. The molecule has 0 amide bonds. The van der Waals surface area contributed by atoms with Crippen molar-refractivity contribution in [1.82, 2.24) is 14.5 Å². The Morgan fingerprint density at radius 3 is 2.33 bits per heavy atom. The van der Waals surface area contributed by atoms with E-state index in [2.05, 4.69) is 28.1 Å². The lowest BCUT2D eigenvalue weighted by Crippen LogP contribution is -2.09. The smallest absolute Gasteiger partial charge is 0.310 e. The molecule has 3 heterocycles. The third-order valence-corrected chi connectivity index (χ3v) is 9.11. The molecular weight excluding hydrogens is 586 g/mol. The average molecular weight is 614 g/mol. The van der Waals surface area contributed by atoms with E-state index in [1.807, 2.05) is 73.8 Å². The fourth-order valence-electron chi connectivity index (χ4n) is 4.91. The van der Waals surface area contributed by atoms with Gasteiger partial charge in [0.2, 0.25) is 0 Å². The van der Waals surface area contributed by atoms with Gasteiger partial charge in [-0.1, -0.05) is 54.1 Å². The van der Waals surface area contributed by atoms with Gasteiger partial charge in [0.1, 0.15) is 22.4 Å². The van der Waals surface area contributed by atoms with Crippen molar-refractivity contribution in [1.29, 1.82) is 0 Å². The molecular formula is C33H28ClN3O3S2. The van der Waals surface area contributed by atoms with Crippen LogP contribution in [0.1, 0.15) is 29.6 Å². The van der Waals surface area contributed by atoms with Crippen LogP contribution in [-0.2, 0) is 29.1 Å². The van der Waals surface area contributed by atoms with Gasteiger partial charge in [0.25, 0.3) is 0 Å². The van der Waals surface area contributed by atoms with Crippen LogP contribution in [0, 0.1) is 6.92 Å². The molecule has 6 aromatic rings. The van der Waals surface area contributed by atoms with Gasteiger partial charge in [-0.15, -0.1) is 22.7 Å². The molecule has 3 aromatic heterocycles. The number of carbonyl (C=O) groups excluding carboxylic acids is 1. The van der Waals surface area contributed by atoms with Crippen molar-refractivity contribution < 1.29 is 14.3 Å². The highest BCUT2D eigenvalue weighted by atomic mass is 35.5. The summed E-state index contributed by atoms with van der Waals surface area (Å²) in [6.45, 7) is 5.14. The lowest BCUT2D eigenvalue weighted by atomic mass is 10.1. The minimum Gasteiger partial charge on any atom is -0.487 e. The van der Waals surface area contributed by atoms with Crippen molar-refractivity contribution >= 4 is 51.1 Å². The Morgan fingerprint density at radius 2 is 1.60 bits per heavy atom. The maximum Gasteiger partial charge on any atom is 0.310 e. The molecule has 3 aromatic carbocycles. The first-order valence-electron chi connectivity index (χ1n) is 13.6. The van der Waals surface area contributed by atoms with E-state index in [-0.39, 0.29) is 12.4 Å². The van der Waals surface area contributed by atoms with Crippen LogP contribution in [-0.4, -0.2) is 27.1 Å². The molecule has 0 saturated heterocycles. The molecule has 6 rings (SSSR count). The molecule has 0 aliphatic carbocycles. The summed E-state index contributed by atoms with van der Waals surface area (Å²) in [5.41, 5.74) is 6.90. The average Bonchev–Trinajstić information content (AvgIpc) is 3.73. The van der Waals surface area contributed by atoms with Crippen LogP contribution in [0.2, 0.25) is 5.02 Å². The number of carbonyl (C=O) groups is 1. The summed E-state index contributed by atoms with van der Waals surface area (Å²) in [4.78, 5) is 22.2. The summed E-state index contributed by atoms with van der Waals surface area (Å²) >= 11 is 9.27. The van der Waals surface area contributed by atoms with Crippen molar-refractivity contribution in [2.45, 2.75) is 33.4 Å². The van der Waals surface area contributed by atoms with Crippen LogP contribution in [0.5, 0.6) is 5.75 Å². The molecule has 0 saturated carbocycles. The van der Waals surface area contributed by atoms with Gasteiger partial charge in [0.15, 0.2) is 0 Å². The fraction of sp³-hybridized carbons (Fsp3) is 0.182. The summed E-state index contributed by atoms with van der Waals surface area (Å²) in [7, 11) is 0. The number of ether oxygens (including phenoxy) is 2. The zero-order chi connectivity index (χ0) is 29.1. The Kier molecular flexibility index (Phi) is 8.37. The molecule has 0 aliphatic heterocycles. The van der Waals surface area contributed by atoms with E-state index in [1.54, 1.807) is 22.7 Å². The zero-order valence-corrected chi connectivity index (χ0v) is 25.6. The largest absolute Gasteiger partial charge is 0.487 e. The fourth-order valence-corrected chi connectivity index (χ4v) is 6.67. The van der Waals surface area contributed by atoms with Crippen LogP contribution in [0.3, 0.4) is 0 Å². The number of fused-ring (bicyclic) bond motifs is 1. The van der Waals surface area contributed by atoms with E-state index in [0.29, 0.717) is 24.8 Å². The highest BCUT2D eigenvalue weighted by Gasteiger charge is 2.19. The summed E-state index contributed by atoms with van der Waals surface area (Å²) in [6.07, 6.45) is 0.187. The second-order valence-electron chi connectivity index (χ2n) is 9.76. The Hall–Kier alpha value is -3.98. The highest BCUT2D eigenvalue weighted by molar-refractivity contribution is 7.13. The zero-order valence-electron chi connectivity index (χ0n) is 23.2. The lowest BCUT2D eigenvalue weighted by molar-refractivity contribution is -0.142. The minimum atomic E-state index is -0.249. The van der Waals surface area contributed by atoms with Gasteiger partial charge < -0.3 is 14.0 Å². The second kappa shape index (κ2) is 12.5. The third-order valence-electron chi connectivity index (χ3n) is 6.97. The van der Waals surface area contributed by atoms with E-state index < -0.39 is 0 Å². The van der Waals surface area contributed by atoms with Crippen molar-refractivity contribution in [2.24, 2.45) is 0 Å². The molecule has 0 bridgehead atoms. The Bertz CT molecular complexity index is 1840. The Balaban J connectivity index is 1.27. The number of thiazole rings is 2. The van der Waals surface area contributed by atoms with E-state index >= 15 is 0 Å². The van der Waals surface area contributed by atoms with Gasteiger partial charge in [-0.3, -0.25) is 4.79 Å². The normalized spacial score (nSPS) is 11.2. The van der Waals surface area contributed by atoms with Crippen LogP contribution < -0.4 is 4.74 Å². The van der Waals surface area contributed by atoms with Crippen LogP contribution >= 0.6 is 34.3 Å². The first-order chi connectivity index (χ1) is 20.5. The molecule has 0 unspecified atom stereocenters. The summed E-state index contributed by atoms with van der Waals surface area (Å²) in [6, 6.07) is 23.9. The monoisotopic (exact) mass is 613 g/mol. The number of aromatic nitrogens is 3. The van der Waals surface area contributed by atoms with Gasteiger partial charge in [0, 0.05) is 43.5 Å². The lowest BCUT2D eigenvalue weighted by Gasteiger charge is -2.08. The Morgan fingerprint density at radius 1 is 0.905 bits per heavy atom. The van der Waals surface area contributed by atoms with E-state index in [9.17, 15) is 4.79 Å². The number of benzene rings is 3. The molecule has 0 fully saturated rings. The van der Waals surface area contributed by atoms with Gasteiger partial charge in [-0.05, 0) is 49.7 Å². The van der Waals surface area contributed by atoms with Crippen molar-refractivity contribution in [2.75, 3.05) is 6.61 Å². The number of hydrogen-bond acceptors (Lipinski definition) is 7. The molecule has 0 spiro atoms. The first kappa shape index (κ1) is 28.2. The standard InChI is InChI=1S/C33H28ClN3O3S2/c1-3-39-31(38)16-28-21(2)37(17-25-19-41-33(35-25)23-9-11-24(34)12-10-23)30-14-13-27(15-29(28)30)40-18-26-20-42-32(36-26)22-7-5-4-6-8-22/h4-15,19-20H,3,16-18H2,1-2H3. The summed E-state index contributed by atoms with van der Waals surface area (Å²) in [5, 5.41) is 7.68. The van der Waals surface area contributed by atoms with E-state index in [0.717, 1.165) is 60.4 Å². The van der Waals surface area contributed by atoms with E-state index in [4.69, 9.17) is 31.0 Å². The number of halogens is 1. The van der Waals surface area contributed by atoms with Crippen LogP contribution in [0.25, 0.3) is 32.0 Å². The third kappa shape index (κ3) is 6.11. The quantitative estimate of drug-likeness (QED) is 0.145. The molecule has 42 heavy (non-hydrogen) atoms. The predicted molar refractivity (Wildman–Crippen MR) is 171 cm³/mol. The number of nitrogens with zero attached hydrogens (tertiary/aromatic N) is 3. The van der Waals surface area contributed by atoms with Gasteiger partial charge in [-0.2, -0.15) is 0 Å². The molecule has 6 nitrogen and oxygen atoms in total. The van der Waals surface area contributed by atoms with Crippen LogP contribution in [0.15, 0.2) is 83.6 Å². The van der Waals surface area contributed by atoms with E-state index in [1.165, 1.54) is 0 Å². The highest BCUT2D eigenvalue weighted by Crippen LogP contribution is 2.33. The molecule has 0 aliphatic rings. The number of esters is 1. The topological polar surface area (TPSA) is 66.2 Å².